The van der Waals surface area contributed by atoms with E-state index in [1.54, 1.807) is 10.9 Å². The van der Waals surface area contributed by atoms with Crippen molar-refractivity contribution in [3.8, 4) is 0 Å². The van der Waals surface area contributed by atoms with Crippen molar-refractivity contribution < 1.29 is 9.53 Å². The summed E-state index contributed by atoms with van der Waals surface area (Å²) < 4.78 is 7.96. The zero-order chi connectivity index (χ0) is 19.3. The van der Waals surface area contributed by atoms with Crippen LogP contribution in [0.15, 0.2) is 17.8 Å². The van der Waals surface area contributed by atoms with Gasteiger partial charge in [0.05, 0.1) is 24.4 Å². The first-order valence-corrected chi connectivity index (χ1v) is 9.92. The predicted octanol–water partition coefficient (Wildman–Crippen LogP) is 0.946. The Labute approximate surface area is 161 Å². The second-order valence-electron chi connectivity index (χ2n) is 7.91. The van der Waals surface area contributed by atoms with E-state index in [9.17, 15) is 4.79 Å². The fourth-order valence-corrected chi connectivity index (χ4v) is 3.80. The van der Waals surface area contributed by atoms with Crippen LogP contribution < -0.4 is 11.1 Å². The molecule has 150 valence electrons. The first-order chi connectivity index (χ1) is 13.0. The summed E-state index contributed by atoms with van der Waals surface area (Å²) >= 11 is 0. The number of aromatic nitrogens is 3. The van der Waals surface area contributed by atoms with E-state index in [0.717, 1.165) is 45.3 Å². The standard InChI is InChI=1S/C19H32N6O2/c1-15(2)4-9-24-10-6-19(7-11-24)5-3-16(27-19)13-21-18(26)17-14-25(12-8-20)23-22-17/h4,14,16H,3,5-13,20H2,1-2H3,(H,21,26)/t16-/m1/s1. The van der Waals surface area contributed by atoms with Crippen LogP contribution in [0, 0.1) is 0 Å². The molecule has 0 bridgehead atoms. The lowest BCUT2D eigenvalue weighted by atomic mass is 9.88. The number of ether oxygens (including phenoxy) is 1. The van der Waals surface area contributed by atoms with Crippen LogP contribution in [-0.4, -0.2) is 70.2 Å². The fourth-order valence-electron chi connectivity index (χ4n) is 3.80. The zero-order valence-corrected chi connectivity index (χ0v) is 16.5. The van der Waals surface area contributed by atoms with Crippen LogP contribution in [0.1, 0.15) is 50.0 Å². The van der Waals surface area contributed by atoms with Gasteiger partial charge < -0.3 is 15.8 Å². The van der Waals surface area contributed by atoms with E-state index in [2.05, 4.69) is 40.5 Å². The van der Waals surface area contributed by atoms with Crippen molar-refractivity contribution in [3.05, 3.63) is 23.5 Å². The molecule has 0 aromatic carbocycles. The molecule has 3 heterocycles. The Morgan fingerprint density at radius 1 is 1.41 bits per heavy atom. The van der Waals surface area contributed by atoms with Crippen molar-refractivity contribution in [1.82, 2.24) is 25.2 Å². The minimum Gasteiger partial charge on any atom is -0.370 e. The van der Waals surface area contributed by atoms with Crippen molar-refractivity contribution in [1.29, 1.82) is 0 Å². The van der Waals surface area contributed by atoms with Gasteiger partial charge in [0.25, 0.3) is 5.91 Å². The minimum absolute atomic E-state index is 0.00112. The first kappa shape index (κ1) is 20.0. The van der Waals surface area contributed by atoms with Gasteiger partial charge in [0, 0.05) is 32.7 Å². The Balaban J connectivity index is 1.42. The van der Waals surface area contributed by atoms with Gasteiger partial charge in [0.15, 0.2) is 5.69 Å². The lowest BCUT2D eigenvalue weighted by Gasteiger charge is -2.39. The number of nitrogens with one attached hydrogen (secondary N) is 1. The van der Waals surface area contributed by atoms with Gasteiger partial charge in [0.2, 0.25) is 0 Å². The normalized spacial score (nSPS) is 22.1. The summed E-state index contributed by atoms with van der Waals surface area (Å²) in [6.45, 7) is 9.01. The summed E-state index contributed by atoms with van der Waals surface area (Å²) in [4.78, 5) is 14.7. The predicted molar refractivity (Wildman–Crippen MR) is 103 cm³/mol. The minimum atomic E-state index is -0.209. The van der Waals surface area contributed by atoms with Gasteiger partial charge in [-0.15, -0.1) is 5.10 Å². The Morgan fingerprint density at radius 2 is 2.19 bits per heavy atom. The topological polar surface area (TPSA) is 98.3 Å². The molecular weight excluding hydrogens is 344 g/mol. The molecule has 8 nitrogen and oxygen atoms in total. The molecule has 2 saturated heterocycles. The maximum Gasteiger partial charge on any atom is 0.273 e. The number of likely N-dealkylation sites (tertiary alicyclic amines) is 1. The number of nitrogens with zero attached hydrogens (tertiary/aromatic N) is 4. The molecule has 1 atom stereocenters. The molecule has 1 aromatic heterocycles. The van der Waals surface area contributed by atoms with Crippen LogP contribution in [0.25, 0.3) is 0 Å². The number of hydrogen-bond donors (Lipinski definition) is 2. The number of amides is 1. The van der Waals surface area contributed by atoms with Gasteiger partial charge in [0.1, 0.15) is 0 Å². The summed E-state index contributed by atoms with van der Waals surface area (Å²) in [6.07, 6.45) is 8.21. The molecule has 1 amide bonds. The lowest BCUT2D eigenvalue weighted by Crippen LogP contribution is -2.45. The molecule has 0 radical (unpaired) electrons. The van der Waals surface area contributed by atoms with Crippen LogP contribution in [-0.2, 0) is 11.3 Å². The van der Waals surface area contributed by atoms with E-state index in [4.69, 9.17) is 10.5 Å². The van der Waals surface area contributed by atoms with Gasteiger partial charge in [-0.05, 0) is 39.5 Å². The average molecular weight is 377 g/mol. The molecule has 2 aliphatic rings. The highest BCUT2D eigenvalue weighted by atomic mass is 16.5. The Hall–Kier alpha value is -1.77. The number of allylic oxidation sites excluding steroid dienone is 1. The molecule has 3 rings (SSSR count). The summed E-state index contributed by atoms with van der Waals surface area (Å²) in [7, 11) is 0. The third kappa shape index (κ3) is 5.37. The van der Waals surface area contributed by atoms with E-state index in [1.807, 2.05) is 0 Å². The number of carbonyl (C=O) groups is 1. The van der Waals surface area contributed by atoms with E-state index >= 15 is 0 Å². The number of hydrogen-bond acceptors (Lipinski definition) is 6. The average Bonchev–Trinajstić information content (AvgIpc) is 3.27. The Morgan fingerprint density at radius 3 is 2.89 bits per heavy atom. The summed E-state index contributed by atoms with van der Waals surface area (Å²) in [6, 6.07) is 0. The first-order valence-electron chi connectivity index (χ1n) is 9.92. The van der Waals surface area contributed by atoms with Crippen LogP contribution in [0.4, 0.5) is 0 Å². The number of nitrogens with two attached hydrogens (primary N) is 1. The molecule has 2 aliphatic heterocycles. The highest BCUT2D eigenvalue weighted by Crippen LogP contribution is 2.38. The monoisotopic (exact) mass is 376 g/mol. The second-order valence-corrected chi connectivity index (χ2v) is 7.91. The molecular formula is C19H32N6O2. The summed E-state index contributed by atoms with van der Waals surface area (Å²) in [5.41, 5.74) is 7.17. The smallest absolute Gasteiger partial charge is 0.273 e. The molecule has 0 aliphatic carbocycles. The molecule has 0 saturated carbocycles. The van der Waals surface area contributed by atoms with Crippen molar-refractivity contribution in [2.24, 2.45) is 5.73 Å². The zero-order valence-electron chi connectivity index (χ0n) is 16.5. The van der Waals surface area contributed by atoms with Crippen LogP contribution >= 0.6 is 0 Å². The molecule has 27 heavy (non-hydrogen) atoms. The van der Waals surface area contributed by atoms with Gasteiger partial charge >= 0.3 is 0 Å². The quantitative estimate of drug-likeness (QED) is 0.688. The van der Waals surface area contributed by atoms with Crippen molar-refractivity contribution in [3.63, 3.8) is 0 Å². The largest absolute Gasteiger partial charge is 0.370 e. The lowest BCUT2D eigenvalue weighted by molar-refractivity contribution is -0.0741. The molecule has 1 spiro atoms. The molecule has 1 aromatic rings. The number of piperidine rings is 1. The van der Waals surface area contributed by atoms with Crippen molar-refractivity contribution >= 4 is 5.91 Å². The highest BCUT2D eigenvalue weighted by Gasteiger charge is 2.42. The molecule has 2 fully saturated rings. The molecule has 0 unspecified atom stereocenters. The number of carbonyl (C=O) groups excluding carboxylic acids is 1. The van der Waals surface area contributed by atoms with Crippen LogP contribution in [0.3, 0.4) is 0 Å². The van der Waals surface area contributed by atoms with Gasteiger partial charge in [-0.3, -0.25) is 14.4 Å². The number of rotatable bonds is 7. The summed E-state index contributed by atoms with van der Waals surface area (Å²) in [5, 5.41) is 10.7. The van der Waals surface area contributed by atoms with E-state index < -0.39 is 0 Å². The SMILES string of the molecule is CC(C)=CCN1CCC2(CC[C@H](CNC(=O)c3cn(CCN)nn3)O2)CC1. The van der Waals surface area contributed by atoms with Crippen LogP contribution in [0.2, 0.25) is 0 Å². The van der Waals surface area contributed by atoms with Crippen LogP contribution in [0.5, 0.6) is 0 Å². The van der Waals surface area contributed by atoms with Gasteiger partial charge in [-0.25, -0.2) is 0 Å². The fraction of sp³-hybridized carbons (Fsp3) is 0.737. The van der Waals surface area contributed by atoms with E-state index in [1.165, 1.54) is 5.57 Å². The third-order valence-corrected chi connectivity index (χ3v) is 5.48. The molecule has 8 heteroatoms. The highest BCUT2D eigenvalue weighted by molar-refractivity contribution is 5.91. The van der Waals surface area contributed by atoms with Crippen molar-refractivity contribution in [2.45, 2.75) is 57.8 Å². The third-order valence-electron chi connectivity index (χ3n) is 5.48. The van der Waals surface area contributed by atoms with E-state index in [-0.39, 0.29) is 17.6 Å². The second kappa shape index (κ2) is 8.95. The van der Waals surface area contributed by atoms with Gasteiger partial charge in [-0.2, -0.15) is 0 Å². The maximum atomic E-state index is 12.2. The van der Waals surface area contributed by atoms with Gasteiger partial charge in [-0.1, -0.05) is 16.9 Å². The molecule has 3 N–H and O–H groups in total. The summed E-state index contributed by atoms with van der Waals surface area (Å²) in [5.74, 6) is -0.209. The Bertz CT molecular complexity index is 659. The van der Waals surface area contributed by atoms with E-state index in [0.29, 0.717) is 25.3 Å². The van der Waals surface area contributed by atoms with Crippen molar-refractivity contribution in [2.75, 3.05) is 32.7 Å². The Kier molecular flexibility index (Phi) is 6.62. The maximum absolute atomic E-state index is 12.2.